The van der Waals surface area contributed by atoms with Crippen LogP contribution in [0.1, 0.15) is 34.6 Å². The predicted molar refractivity (Wildman–Crippen MR) is 120 cm³/mol. The number of anilines is 2. The molecule has 160 valence electrons. The van der Waals surface area contributed by atoms with Crippen LogP contribution in [0.15, 0.2) is 66.9 Å². The lowest BCUT2D eigenvalue weighted by molar-refractivity contribution is 0.0734. The van der Waals surface area contributed by atoms with Gasteiger partial charge in [0.1, 0.15) is 17.3 Å². The number of carbonyl (C=O) groups excluding carboxylic acids is 2. The predicted octanol–water partition coefficient (Wildman–Crippen LogP) is 4.41. The Bertz CT molecular complexity index is 1030. The first kappa shape index (κ1) is 21.8. The third kappa shape index (κ3) is 5.39. The summed E-state index contributed by atoms with van der Waals surface area (Å²) in [4.78, 5) is 31.3. The summed E-state index contributed by atoms with van der Waals surface area (Å²) < 4.78 is 10.6. The Morgan fingerprint density at radius 1 is 0.968 bits per heavy atom. The van der Waals surface area contributed by atoms with Crippen molar-refractivity contribution in [2.45, 2.75) is 13.8 Å². The van der Waals surface area contributed by atoms with Crippen molar-refractivity contribution < 1.29 is 19.1 Å². The van der Waals surface area contributed by atoms with Crippen LogP contribution in [0.2, 0.25) is 0 Å². The van der Waals surface area contributed by atoms with Gasteiger partial charge in [0, 0.05) is 25.0 Å². The Labute approximate surface area is 181 Å². The lowest BCUT2D eigenvalue weighted by atomic mass is 10.2. The summed E-state index contributed by atoms with van der Waals surface area (Å²) in [6.07, 6.45) is 1.51. The fraction of sp³-hybridized carbons (Fsp3) is 0.208. The molecule has 3 rings (SSSR count). The molecule has 0 radical (unpaired) electrons. The van der Waals surface area contributed by atoms with Gasteiger partial charge in [0.05, 0.1) is 18.2 Å². The van der Waals surface area contributed by atoms with Crippen LogP contribution in [0.3, 0.4) is 0 Å². The molecule has 0 bridgehead atoms. The molecule has 1 heterocycles. The van der Waals surface area contributed by atoms with Crippen molar-refractivity contribution in [3.05, 3.63) is 78.0 Å². The summed E-state index contributed by atoms with van der Waals surface area (Å²) in [6, 6.07) is 17.0. The number of hydrogen-bond donors (Lipinski definition) is 1. The molecule has 1 amide bonds. The number of nitrogens with zero attached hydrogens (tertiary/aromatic N) is 2. The third-order valence-corrected chi connectivity index (χ3v) is 4.75. The van der Waals surface area contributed by atoms with E-state index in [1.165, 1.54) is 13.3 Å². The average molecular weight is 419 g/mol. The average Bonchev–Trinajstić information content (AvgIpc) is 2.81. The van der Waals surface area contributed by atoms with Gasteiger partial charge in [0.2, 0.25) is 0 Å². The number of esters is 1. The van der Waals surface area contributed by atoms with E-state index in [9.17, 15) is 9.59 Å². The zero-order chi connectivity index (χ0) is 22.2. The number of aromatic nitrogens is 1. The molecular weight excluding hydrogens is 394 g/mol. The van der Waals surface area contributed by atoms with Gasteiger partial charge in [-0.15, -0.1) is 0 Å². The van der Waals surface area contributed by atoms with Gasteiger partial charge in [-0.3, -0.25) is 4.79 Å². The monoisotopic (exact) mass is 419 g/mol. The lowest BCUT2D eigenvalue weighted by Gasteiger charge is -2.19. The summed E-state index contributed by atoms with van der Waals surface area (Å²) in [5.41, 5.74) is 1.37. The minimum Gasteiger partial charge on any atom is -0.496 e. The van der Waals surface area contributed by atoms with Crippen molar-refractivity contribution in [2.24, 2.45) is 0 Å². The first-order valence-corrected chi connectivity index (χ1v) is 10.0. The molecule has 7 nitrogen and oxygen atoms in total. The van der Waals surface area contributed by atoms with Gasteiger partial charge in [0.25, 0.3) is 5.91 Å². The van der Waals surface area contributed by atoms with E-state index in [0.29, 0.717) is 28.3 Å². The number of rotatable bonds is 8. The molecule has 0 aliphatic heterocycles. The third-order valence-electron chi connectivity index (χ3n) is 4.75. The van der Waals surface area contributed by atoms with E-state index in [-0.39, 0.29) is 5.91 Å². The number of nitrogens with one attached hydrogen (secondary N) is 1. The normalized spacial score (nSPS) is 10.3. The Morgan fingerprint density at radius 3 is 2.29 bits per heavy atom. The number of carbonyl (C=O) groups is 2. The quantitative estimate of drug-likeness (QED) is 0.430. The van der Waals surface area contributed by atoms with Gasteiger partial charge in [-0.05, 0) is 62.4 Å². The van der Waals surface area contributed by atoms with Crippen LogP contribution in [0.4, 0.5) is 11.5 Å². The molecule has 0 aliphatic rings. The molecule has 1 N–H and O–H groups in total. The van der Waals surface area contributed by atoms with Crippen LogP contribution in [-0.4, -0.2) is 37.1 Å². The molecule has 2 aromatic carbocycles. The summed E-state index contributed by atoms with van der Waals surface area (Å²) in [7, 11) is 1.52. The highest BCUT2D eigenvalue weighted by molar-refractivity contribution is 6.06. The minimum atomic E-state index is -0.496. The summed E-state index contributed by atoms with van der Waals surface area (Å²) >= 11 is 0. The first-order valence-electron chi connectivity index (χ1n) is 10.0. The Balaban J connectivity index is 1.62. The fourth-order valence-corrected chi connectivity index (χ4v) is 3.04. The first-order chi connectivity index (χ1) is 15.0. The van der Waals surface area contributed by atoms with Crippen LogP contribution < -0.4 is 19.7 Å². The SMILES string of the molecule is CCN(CC)c1ccc(C(=O)Oc2ccc(NC(=O)c3ccccc3OC)cc2)cn1. The second-order valence-electron chi connectivity index (χ2n) is 6.65. The maximum Gasteiger partial charge on any atom is 0.345 e. The molecule has 1 aromatic heterocycles. The Kier molecular flexibility index (Phi) is 7.22. The van der Waals surface area contributed by atoms with Crippen LogP contribution in [0.5, 0.6) is 11.5 Å². The Morgan fingerprint density at radius 2 is 1.68 bits per heavy atom. The molecule has 0 fully saturated rings. The lowest BCUT2D eigenvalue weighted by Crippen LogP contribution is -2.23. The molecule has 3 aromatic rings. The topological polar surface area (TPSA) is 80.8 Å². The van der Waals surface area contributed by atoms with Crippen molar-refractivity contribution in [1.29, 1.82) is 0 Å². The maximum absolute atomic E-state index is 12.5. The molecule has 0 aliphatic carbocycles. The number of ether oxygens (including phenoxy) is 2. The fourth-order valence-electron chi connectivity index (χ4n) is 3.04. The summed E-state index contributed by atoms with van der Waals surface area (Å²) in [6.45, 7) is 5.78. The van der Waals surface area contributed by atoms with Crippen molar-refractivity contribution in [3.8, 4) is 11.5 Å². The van der Waals surface area contributed by atoms with E-state index in [1.54, 1.807) is 60.7 Å². The van der Waals surface area contributed by atoms with E-state index >= 15 is 0 Å². The standard InChI is InChI=1S/C24H25N3O4/c1-4-27(5-2)22-15-10-17(16-25-22)24(29)31-19-13-11-18(12-14-19)26-23(28)20-8-6-7-9-21(20)30-3/h6-16H,4-5H2,1-3H3,(H,26,28). The number of amides is 1. The van der Waals surface area contributed by atoms with E-state index in [4.69, 9.17) is 9.47 Å². The van der Waals surface area contributed by atoms with Gasteiger partial charge in [-0.2, -0.15) is 0 Å². The number of pyridine rings is 1. The maximum atomic E-state index is 12.5. The molecule has 0 unspecified atom stereocenters. The van der Waals surface area contributed by atoms with Crippen molar-refractivity contribution in [2.75, 3.05) is 30.4 Å². The minimum absolute atomic E-state index is 0.290. The highest BCUT2D eigenvalue weighted by Crippen LogP contribution is 2.21. The molecule has 0 spiro atoms. The van der Waals surface area contributed by atoms with Crippen molar-refractivity contribution >= 4 is 23.4 Å². The smallest absolute Gasteiger partial charge is 0.345 e. The van der Waals surface area contributed by atoms with Crippen molar-refractivity contribution in [1.82, 2.24) is 4.98 Å². The molecule has 0 saturated heterocycles. The number of para-hydroxylation sites is 1. The molecule has 31 heavy (non-hydrogen) atoms. The van der Waals surface area contributed by atoms with E-state index in [0.717, 1.165) is 18.9 Å². The number of hydrogen-bond acceptors (Lipinski definition) is 6. The molecule has 0 atom stereocenters. The Hall–Kier alpha value is -3.87. The van der Waals surface area contributed by atoms with E-state index in [1.807, 2.05) is 0 Å². The van der Waals surface area contributed by atoms with Gasteiger partial charge >= 0.3 is 5.97 Å². The van der Waals surface area contributed by atoms with E-state index in [2.05, 4.69) is 29.0 Å². The molecule has 7 heteroatoms. The zero-order valence-corrected chi connectivity index (χ0v) is 17.8. The van der Waals surface area contributed by atoms with Crippen LogP contribution in [-0.2, 0) is 0 Å². The van der Waals surface area contributed by atoms with Gasteiger partial charge in [0.15, 0.2) is 0 Å². The zero-order valence-electron chi connectivity index (χ0n) is 17.8. The molecular formula is C24H25N3O4. The van der Waals surface area contributed by atoms with Crippen LogP contribution in [0.25, 0.3) is 0 Å². The molecule has 0 saturated carbocycles. The number of benzene rings is 2. The largest absolute Gasteiger partial charge is 0.496 e. The second kappa shape index (κ2) is 10.2. The summed E-state index contributed by atoms with van der Waals surface area (Å²) in [5.74, 6) is 0.891. The van der Waals surface area contributed by atoms with Gasteiger partial charge in [-0.1, -0.05) is 12.1 Å². The second-order valence-corrected chi connectivity index (χ2v) is 6.65. The highest BCUT2D eigenvalue weighted by atomic mass is 16.5. The van der Waals surface area contributed by atoms with Crippen LogP contribution in [0, 0.1) is 0 Å². The summed E-state index contributed by atoms with van der Waals surface area (Å²) in [5, 5.41) is 2.80. The highest BCUT2D eigenvalue weighted by Gasteiger charge is 2.13. The van der Waals surface area contributed by atoms with E-state index < -0.39 is 5.97 Å². The van der Waals surface area contributed by atoms with Gasteiger partial charge in [-0.25, -0.2) is 9.78 Å². The van der Waals surface area contributed by atoms with Crippen LogP contribution >= 0.6 is 0 Å². The van der Waals surface area contributed by atoms with Crippen molar-refractivity contribution in [3.63, 3.8) is 0 Å². The van der Waals surface area contributed by atoms with Gasteiger partial charge < -0.3 is 19.7 Å². The number of methoxy groups -OCH3 is 1.